The van der Waals surface area contributed by atoms with Gasteiger partial charge in [-0.1, -0.05) is 30.3 Å². The first-order valence-corrected chi connectivity index (χ1v) is 9.92. The number of aryl methyl sites for hydroxylation is 2. The number of anilines is 1. The van der Waals surface area contributed by atoms with Gasteiger partial charge in [0.2, 0.25) is 15.9 Å². The van der Waals surface area contributed by atoms with Crippen LogP contribution in [0.2, 0.25) is 0 Å². The van der Waals surface area contributed by atoms with E-state index in [4.69, 9.17) is 0 Å². The van der Waals surface area contributed by atoms with Crippen LogP contribution in [0.4, 0.5) is 5.13 Å². The highest BCUT2D eigenvalue weighted by Crippen LogP contribution is 2.21. The summed E-state index contributed by atoms with van der Waals surface area (Å²) in [6.07, 6.45) is -0.0981. The molecule has 0 atom stereocenters. The number of thiazole rings is 1. The van der Waals surface area contributed by atoms with E-state index in [0.29, 0.717) is 5.13 Å². The number of amides is 1. The van der Waals surface area contributed by atoms with Crippen molar-refractivity contribution in [3.8, 4) is 0 Å². The van der Waals surface area contributed by atoms with Gasteiger partial charge in [-0.2, -0.15) is 0 Å². The Balaban J connectivity index is 1.88. The second-order valence-corrected chi connectivity index (χ2v) is 8.92. The molecule has 0 aliphatic rings. The van der Waals surface area contributed by atoms with Gasteiger partial charge in [-0.15, -0.1) is 11.3 Å². The van der Waals surface area contributed by atoms with Crippen molar-refractivity contribution in [1.82, 2.24) is 9.29 Å². The van der Waals surface area contributed by atoms with Crippen molar-refractivity contribution in [3.05, 3.63) is 46.5 Å². The molecule has 1 aromatic carbocycles. The smallest absolute Gasteiger partial charge is 0.227 e. The van der Waals surface area contributed by atoms with Crippen LogP contribution in [0.25, 0.3) is 0 Å². The molecule has 1 heterocycles. The number of carbonyl (C=O) groups is 1. The number of hydrogen-bond donors (Lipinski definition) is 1. The third kappa shape index (κ3) is 5.12. The molecular formula is C16H21N3O3S2. The lowest BCUT2D eigenvalue weighted by molar-refractivity contribution is -0.115. The van der Waals surface area contributed by atoms with Crippen molar-refractivity contribution >= 4 is 32.4 Å². The summed E-state index contributed by atoms with van der Waals surface area (Å²) in [5.74, 6) is -0.577. The van der Waals surface area contributed by atoms with E-state index in [0.717, 1.165) is 16.1 Å². The summed E-state index contributed by atoms with van der Waals surface area (Å²) >= 11 is 1.38. The number of nitrogens with one attached hydrogen (secondary N) is 1. The van der Waals surface area contributed by atoms with Crippen LogP contribution in [0.5, 0.6) is 0 Å². The zero-order valence-corrected chi connectivity index (χ0v) is 15.6. The first kappa shape index (κ1) is 18.6. The van der Waals surface area contributed by atoms with Crippen LogP contribution in [0.15, 0.2) is 30.3 Å². The predicted molar refractivity (Wildman–Crippen MR) is 96.5 cm³/mol. The molecule has 2 rings (SSSR count). The maximum atomic E-state index is 12.3. The summed E-state index contributed by atoms with van der Waals surface area (Å²) in [6, 6.07) is 9.34. The van der Waals surface area contributed by atoms with Crippen LogP contribution >= 0.6 is 11.3 Å². The molecule has 0 saturated carbocycles. The van der Waals surface area contributed by atoms with Gasteiger partial charge in [-0.25, -0.2) is 17.7 Å². The van der Waals surface area contributed by atoms with E-state index < -0.39 is 10.0 Å². The normalized spacial score (nSPS) is 11.7. The largest absolute Gasteiger partial charge is 0.302 e. The third-order valence-electron chi connectivity index (χ3n) is 3.58. The molecule has 24 heavy (non-hydrogen) atoms. The van der Waals surface area contributed by atoms with Gasteiger partial charge in [-0.05, 0) is 19.4 Å². The van der Waals surface area contributed by atoms with Crippen LogP contribution in [0.3, 0.4) is 0 Å². The van der Waals surface area contributed by atoms with Gasteiger partial charge >= 0.3 is 0 Å². The molecule has 1 aromatic heterocycles. The molecule has 0 aliphatic heterocycles. The first-order valence-electron chi connectivity index (χ1n) is 7.50. The molecule has 2 aromatic rings. The molecular weight excluding hydrogens is 346 g/mol. The Morgan fingerprint density at radius 1 is 1.25 bits per heavy atom. The fourth-order valence-electron chi connectivity index (χ4n) is 2.02. The Kier molecular flexibility index (Phi) is 6.09. The fraction of sp³-hybridized carbons (Fsp3) is 0.375. The summed E-state index contributed by atoms with van der Waals surface area (Å²) in [4.78, 5) is 17.2. The van der Waals surface area contributed by atoms with Crippen molar-refractivity contribution < 1.29 is 13.2 Å². The zero-order valence-electron chi connectivity index (χ0n) is 13.9. The Hall–Kier alpha value is -1.77. The zero-order chi connectivity index (χ0) is 17.7. The van der Waals surface area contributed by atoms with E-state index >= 15 is 0 Å². The lowest BCUT2D eigenvalue weighted by Crippen LogP contribution is -2.30. The average Bonchev–Trinajstić information content (AvgIpc) is 2.84. The highest BCUT2D eigenvalue weighted by atomic mass is 32.2. The minimum atomic E-state index is -3.49. The van der Waals surface area contributed by atoms with Gasteiger partial charge < -0.3 is 5.32 Å². The van der Waals surface area contributed by atoms with E-state index in [1.54, 1.807) is 0 Å². The minimum Gasteiger partial charge on any atom is -0.302 e. The first-order chi connectivity index (χ1) is 11.3. The molecule has 0 fully saturated rings. The number of aromatic nitrogens is 1. The van der Waals surface area contributed by atoms with E-state index in [1.165, 1.54) is 22.7 Å². The molecule has 0 aliphatic carbocycles. The second kappa shape index (κ2) is 7.87. The van der Waals surface area contributed by atoms with Crippen molar-refractivity contribution in [1.29, 1.82) is 0 Å². The van der Waals surface area contributed by atoms with Gasteiger partial charge in [0.25, 0.3) is 0 Å². The lowest BCUT2D eigenvalue weighted by Gasteiger charge is -2.17. The van der Waals surface area contributed by atoms with E-state index in [1.807, 2.05) is 44.2 Å². The summed E-state index contributed by atoms with van der Waals surface area (Å²) in [5.41, 5.74) is 1.77. The molecule has 6 nitrogen and oxygen atoms in total. The van der Waals surface area contributed by atoms with Crippen LogP contribution in [-0.2, 0) is 21.4 Å². The Morgan fingerprint density at radius 3 is 2.50 bits per heavy atom. The summed E-state index contributed by atoms with van der Waals surface area (Å²) in [5, 5.41) is 3.15. The average molecular weight is 367 g/mol. The molecule has 130 valence electrons. The third-order valence-corrected chi connectivity index (χ3v) is 6.37. The number of hydrogen-bond acceptors (Lipinski definition) is 5. The van der Waals surface area contributed by atoms with Gasteiger partial charge in [0.05, 0.1) is 11.4 Å². The lowest BCUT2D eigenvalue weighted by atomic mass is 10.2. The molecule has 0 saturated heterocycles. The summed E-state index contributed by atoms with van der Waals surface area (Å²) < 4.78 is 25.8. The highest BCUT2D eigenvalue weighted by Gasteiger charge is 2.20. The number of carbonyl (C=O) groups excluding carboxylic acids is 1. The maximum absolute atomic E-state index is 12.3. The number of nitrogens with zero attached hydrogens (tertiary/aromatic N) is 2. The highest BCUT2D eigenvalue weighted by molar-refractivity contribution is 7.89. The molecule has 0 spiro atoms. The Morgan fingerprint density at radius 2 is 1.92 bits per heavy atom. The van der Waals surface area contributed by atoms with Crippen LogP contribution in [0.1, 0.15) is 22.6 Å². The van der Waals surface area contributed by atoms with E-state index in [-0.39, 0.29) is 24.6 Å². The van der Waals surface area contributed by atoms with Crippen LogP contribution in [-0.4, -0.2) is 36.4 Å². The van der Waals surface area contributed by atoms with E-state index in [9.17, 15) is 13.2 Å². The second-order valence-electron chi connectivity index (χ2n) is 5.52. The standard InChI is InChI=1S/C16H21N3O3S2/c1-12-13(2)23-16(17-12)18-15(20)9-10-24(21,22)19(3)11-14-7-5-4-6-8-14/h4-8H,9-11H2,1-3H3,(H,17,18,20). The van der Waals surface area contributed by atoms with Gasteiger partial charge in [-0.3, -0.25) is 4.79 Å². The van der Waals surface area contributed by atoms with Crippen LogP contribution in [0, 0.1) is 13.8 Å². The Bertz CT molecular complexity index is 782. The molecule has 0 bridgehead atoms. The fourth-order valence-corrected chi connectivity index (χ4v) is 3.96. The monoisotopic (exact) mass is 367 g/mol. The van der Waals surface area contributed by atoms with Crippen molar-refractivity contribution in [2.24, 2.45) is 0 Å². The molecule has 1 amide bonds. The Labute approximate surface area is 146 Å². The molecule has 8 heteroatoms. The van der Waals surface area contributed by atoms with Gasteiger partial charge in [0.1, 0.15) is 0 Å². The molecule has 0 radical (unpaired) electrons. The summed E-state index contributed by atoms with van der Waals surface area (Å²) in [7, 11) is -1.97. The number of rotatable bonds is 7. The topological polar surface area (TPSA) is 79.4 Å². The van der Waals surface area contributed by atoms with Gasteiger partial charge in [0, 0.05) is 24.9 Å². The number of benzene rings is 1. The minimum absolute atomic E-state index is 0.0981. The van der Waals surface area contributed by atoms with Gasteiger partial charge in [0.15, 0.2) is 5.13 Å². The van der Waals surface area contributed by atoms with E-state index in [2.05, 4.69) is 10.3 Å². The molecule has 0 unspecified atom stereocenters. The SMILES string of the molecule is Cc1nc(NC(=O)CCS(=O)(=O)N(C)Cc2ccccc2)sc1C. The maximum Gasteiger partial charge on any atom is 0.227 e. The quantitative estimate of drug-likeness (QED) is 0.816. The van der Waals surface area contributed by atoms with Crippen molar-refractivity contribution in [3.63, 3.8) is 0 Å². The van der Waals surface area contributed by atoms with Crippen molar-refractivity contribution in [2.75, 3.05) is 18.1 Å². The number of sulfonamides is 1. The predicted octanol–water partition coefficient (Wildman–Crippen LogP) is 2.55. The molecule has 1 N–H and O–H groups in total. The summed E-state index contributed by atoms with van der Waals surface area (Å²) in [6.45, 7) is 4.08. The van der Waals surface area contributed by atoms with Crippen LogP contribution < -0.4 is 5.32 Å². The van der Waals surface area contributed by atoms with Crippen molar-refractivity contribution in [2.45, 2.75) is 26.8 Å².